The maximum absolute atomic E-state index is 12.0. The molecule has 1 aromatic rings. The number of cyclic esters (lactones) is 1. The Kier molecular flexibility index (Phi) is 3.97. The zero-order valence-electron chi connectivity index (χ0n) is 12.9. The maximum Gasteiger partial charge on any atom is 0.414 e. The lowest BCUT2D eigenvalue weighted by molar-refractivity contribution is 0.145. The summed E-state index contributed by atoms with van der Waals surface area (Å²) in [6.45, 7) is 0.531. The first-order valence-electron chi connectivity index (χ1n) is 7.53. The van der Waals surface area contributed by atoms with Gasteiger partial charge in [0.2, 0.25) is 5.96 Å². The Balaban J connectivity index is 1.65. The molecule has 3 rings (SSSR count). The molecule has 0 aromatic heterocycles. The van der Waals surface area contributed by atoms with E-state index in [0.717, 1.165) is 18.4 Å². The number of ether oxygens (including phenoxy) is 1. The lowest BCUT2D eigenvalue weighted by Crippen LogP contribution is -2.30. The van der Waals surface area contributed by atoms with Crippen molar-refractivity contribution in [3.05, 3.63) is 29.8 Å². The van der Waals surface area contributed by atoms with E-state index in [1.54, 1.807) is 6.19 Å². The number of nitrogens with one attached hydrogen (secondary N) is 1. The minimum absolute atomic E-state index is 0.0115. The van der Waals surface area contributed by atoms with E-state index in [-0.39, 0.29) is 17.9 Å². The van der Waals surface area contributed by atoms with E-state index >= 15 is 0 Å². The van der Waals surface area contributed by atoms with Crippen molar-refractivity contribution in [2.75, 3.05) is 18.0 Å². The minimum Gasteiger partial charge on any atom is -0.442 e. The number of anilines is 1. The minimum atomic E-state index is -0.448. The summed E-state index contributed by atoms with van der Waals surface area (Å²) >= 11 is 0. The van der Waals surface area contributed by atoms with Gasteiger partial charge in [0.05, 0.1) is 24.6 Å². The standard InChI is InChI=1S/C16H16N6O2/c17-9-16(5-6-16)11-1-3-12(4-2-11)22-8-13(24-15(22)23)7-20-14(19)21-10-18/h1-4,13H,5-8H2,(H3,19,20,21)/t13-/m0/s1. The molecule has 1 aliphatic heterocycles. The third kappa shape index (κ3) is 2.95. The SMILES string of the molecule is N#CNC(N)=NC[C@H]1CN(c2ccc(C3(C#N)CC3)cc2)C(=O)O1. The lowest BCUT2D eigenvalue weighted by atomic mass is 9.97. The highest BCUT2D eigenvalue weighted by Crippen LogP contribution is 2.47. The third-order valence-corrected chi connectivity index (χ3v) is 4.22. The van der Waals surface area contributed by atoms with E-state index in [4.69, 9.17) is 15.7 Å². The highest BCUT2D eigenvalue weighted by atomic mass is 16.6. The van der Waals surface area contributed by atoms with Crippen LogP contribution in [0.25, 0.3) is 0 Å². The van der Waals surface area contributed by atoms with Crippen LogP contribution >= 0.6 is 0 Å². The second-order valence-electron chi connectivity index (χ2n) is 5.82. The molecule has 24 heavy (non-hydrogen) atoms. The van der Waals surface area contributed by atoms with Gasteiger partial charge in [0, 0.05) is 5.69 Å². The molecule has 0 bridgehead atoms. The summed E-state index contributed by atoms with van der Waals surface area (Å²) in [5, 5.41) is 19.9. The number of hydrogen-bond acceptors (Lipinski definition) is 5. The summed E-state index contributed by atoms with van der Waals surface area (Å²) < 4.78 is 5.25. The molecule has 8 heteroatoms. The van der Waals surface area contributed by atoms with Crippen molar-refractivity contribution in [1.82, 2.24) is 5.32 Å². The van der Waals surface area contributed by atoms with Crippen LogP contribution in [-0.2, 0) is 10.2 Å². The fraction of sp³-hybridized carbons (Fsp3) is 0.375. The molecule has 0 spiro atoms. The van der Waals surface area contributed by atoms with E-state index in [0.29, 0.717) is 12.2 Å². The van der Waals surface area contributed by atoms with Crippen molar-refractivity contribution in [3.63, 3.8) is 0 Å². The monoisotopic (exact) mass is 324 g/mol. The molecule has 1 saturated heterocycles. The molecule has 1 amide bonds. The van der Waals surface area contributed by atoms with Crippen molar-refractivity contribution in [2.45, 2.75) is 24.4 Å². The predicted octanol–water partition coefficient (Wildman–Crippen LogP) is 0.952. The van der Waals surface area contributed by atoms with Gasteiger partial charge in [0.15, 0.2) is 6.19 Å². The molecule has 1 atom stereocenters. The molecule has 2 fully saturated rings. The van der Waals surface area contributed by atoms with Crippen LogP contribution in [0.4, 0.5) is 10.5 Å². The Morgan fingerprint density at radius 1 is 1.42 bits per heavy atom. The van der Waals surface area contributed by atoms with Crippen molar-refractivity contribution >= 4 is 17.7 Å². The number of hydrogen-bond donors (Lipinski definition) is 2. The molecule has 1 heterocycles. The predicted molar refractivity (Wildman–Crippen MR) is 85.8 cm³/mol. The summed E-state index contributed by atoms with van der Waals surface area (Å²) in [6.07, 6.45) is 2.56. The summed E-state index contributed by atoms with van der Waals surface area (Å²) in [5.74, 6) is -0.0115. The van der Waals surface area contributed by atoms with Gasteiger partial charge in [-0.3, -0.25) is 10.2 Å². The normalized spacial score (nSPS) is 21.6. The number of nitriles is 2. The number of nitrogens with zero attached hydrogens (tertiary/aromatic N) is 4. The molecule has 0 radical (unpaired) electrons. The summed E-state index contributed by atoms with van der Waals surface area (Å²) in [4.78, 5) is 17.5. The first kappa shape index (κ1) is 15.6. The van der Waals surface area contributed by atoms with Gasteiger partial charge in [-0.2, -0.15) is 10.5 Å². The van der Waals surface area contributed by atoms with Crippen LogP contribution in [0.15, 0.2) is 29.3 Å². The summed E-state index contributed by atoms with van der Waals surface area (Å²) in [7, 11) is 0. The Labute approximate surface area is 139 Å². The highest BCUT2D eigenvalue weighted by molar-refractivity contribution is 5.89. The maximum atomic E-state index is 12.0. The van der Waals surface area contributed by atoms with E-state index in [1.807, 2.05) is 24.3 Å². The fourth-order valence-corrected chi connectivity index (χ4v) is 2.67. The smallest absolute Gasteiger partial charge is 0.414 e. The van der Waals surface area contributed by atoms with E-state index in [2.05, 4.69) is 16.4 Å². The van der Waals surface area contributed by atoms with Gasteiger partial charge >= 0.3 is 6.09 Å². The molecule has 8 nitrogen and oxygen atoms in total. The van der Waals surface area contributed by atoms with Crippen LogP contribution in [0, 0.1) is 22.8 Å². The number of benzene rings is 1. The zero-order valence-corrected chi connectivity index (χ0v) is 12.9. The Morgan fingerprint density at radius 2 is 2.12 bits per heavy atom. The average molecular weight is 324 g/mol. The van der Waals surface area contributed by atoms with Crippen LogP contribution in [0.2, 0.25) is 0 Å². The first-order chi connectivity index (χ1) is 11.6. The number of carbonyl (C=O) groups is 1. The summed E-state index contributed by atoms with van der Waals surface area (Å²) in [5.41, 5.74) is 6.81. The van der Waals surface area contributed by atoms with Gasteiger partial charge in [0.1, 0.15) is 6.10 Å². The highest BCUT2D eigenvalue weighted by Gasteiger charge is 2.44. The van der Waals surface area contributed by atoms with Crippen LogP contribution in [0.3, 0.4) is 0 Å². The number of aliphatic imine (C=N–C) groups is 1. The molecule has 0 unspecified atom stereocenters. The third-order valence-electron chi connectivity index (χ3n) is 4.22. The number of carbonyl (C=O) groups excluding carboxylic acids is 1. The average Bonchev–Trinajstić information content (AvgIpc) is 3.30. The Hall–Kier alpha value is -3.26. The molecular formula is C16H16N6O2. The molecule has 122 valence electrons. The largest absolute Gasteiger partial charge is 0.442 e. The number of amides is 1. The molecule has 1 aromatic carbocycles. The number of nitrogens with two attached hydrogens (primary N) is 1. The fourth-order valence-electron chi connectivity index (χ4n) is 2.67. The van der Waals surface area contributed by atoms with E-state index < -0.39 is 12.2 Å². The van der Waals surface area contributed by atoms with Gasteiger partial charge in [-0.15, -0.1) is 0 Å². The Bertz CT molecular complexity index is 754. The number of rotatable bonds is 4. The Morgan fingerprint density at radius 3 is 2.71 bits per heavy atom. The van der Waals surface area contributed by atoms with Crippen molar-refractivity contribution in [1.29, 1.82) is 10.5 Å². The molecule has 1 aliphatic carbocycles. The first-order valence-corrected chi connectivity index (χ1v) is 7.53. The van der Waals surface area contributed by atoms with E-state index in [1.165, 1.54) is 4.90 Å². The van der Waals surface area contributed by atoms with Gasteiger partial charge < -0.3 is 10.5 Å². The van der Waals surface area contributed by atoms with Gasteiger partial charge in [0.25, 0.3) is 0 Å². The van der Waals surface area contributed by atoms with Gasteiger partial charge in [-0.1, -0.05) is 12.1 Å². The molecular weight excluding hydrogens is 308 g/mol. The molecule has 2 aliphatic rings. The van der Waals surface area contributed by atoms with Crippen LogP contribution in [0.1, 0.15) is 18.4 Å². The quantitative estimate of drug-likeness (QED) is 0.367. The molecule has 3 N–H and O–H groups in total. The van der Waals surface area contributed by atoms with E-state index in [9.17, 15) is 10.1 Å². The zero-order chi connectivity index (χ0) is 17.2. The second kappa shape index (κ2) is 6.09. The lowest BCUT2D eigenvalue weighted by Gasteiger charge is -2.14. The molecule has 1 saturated carbocycles. The van der Waals surface area contributed by atoms with Crippen molar-refractivity contribution < 1.29 is 9.53 Å². The van der Waals surface area contributed by atoms with Gasteiger partial charge in [-0.05, 0) is 30.5 Å². The summed E-state index contributed by atoms with van der Waals surface area (Å²) in [6, 6.07) is 9.78. The van der Waals surface area contributed by atoms with Gasteiger partial charge in [-0.25, -0.2) is 9.79 Å². The van der Waals surface area contributed by atoms with Crippen molar-refractivity contribution in [2.24, 2.45) is 10.7 Å². The topological polar surface area (TPSA) is 128 Å². The number of guanidine groups is 1. The van der Waals surface area contributed by atoms with Crippen LogP contribution in [-0.4, -0.2) is 31.2 Å². The van der Waals surface area contributed by atoms with Crippen LogP contribution in [0.5, 0.6) is 0 Å². The second-order valence-corrected chi connectivity index (χ2v) is 5.82. The van der Waals surface area contributed by atoms with Crippen LogP contribution < -0.4 is 16.0 Å². The van der Waals surface area contributed by atoms with Crippen molar-refractivity contribution in [3.8, 4) is 12.3 Å².